The van der Waals surface area contributed by atoms with Gasteiger partial charge in [-0.25, -0.2) is 0 Å². The molecule has 28 heavy (non-hydrogen) atoms. The molecule has 0 bridgehead atoms. The molecular formula is C21H26N4O2S. The van der Waals surface area contributed by atoms with Crippen molar-refractivity contribution in [3.63, 3.8) is 0 Å². The third-order valence-corrected chi connectivity index (χ3v) is 6.12. The highest BCUT2D eigenvalue weighted by Crippen LogP contribution is 2.31. The summed E-state index contributed by atoms with van der Waals surface area (Å²) >= 11 is 1.47. The van der Waals surface area contributed by atoms with Gasteiger partial charge in [-0.05, 0) is 31.5 Å². The van der Waals surface area contributed by atoms with Crippen LogP contribution in [0.1, 0.15) is 16.0 Å². The summed E-state index contributed by atoms with van der Waals surface area (Å²) in [4.78, 5) is 18.0. The molecule has 2 heterocycles. The van der Waals surface area contributed by atoms with Crippen LogP contribution in [0.2, 0.25) is 0 Å². The van der Waals surface area contributed by atoms with Gasteiger partial charge in [0.2, 0.25) is 5.91 Å². The van der Waals surface area contributed by atoms with E-state index in [0.717, 1.165) is 48.9 Å². The van der Waals surface area contributed by atoms with Gasteiger partial charge in [-0.2, -0.15) is 5.26 Å². The average molecular weight is 399 g/mol. The third kappa shape index (κ3) is 5.32. The Hall–Kier alpha value is -2.40. The Labute approximate surface area is 170 Å². The van der Waals surface area contributed by atoms with E-state index in [1.807, 2.05) is 44.2 Å². The summed E-state index contributed by atoms with van der Waals surface area (Å²) in [6.07, 6.45) is 0. The summed E-state index contributed by atoms with van der Waals surface area (Å²) < 4.78 is 5.76. The Morgan fingerprint density at radius 1 is 1.18 bits per heavy atom. The van der Waals surface area contributed by atoms with E-state index in [-0.39, 0.29) is 5.91 Å². The van der Waals surface area contributed by atoms with Crippen LogP contribution in [-0.2, 0) is 4.79 Å². The second-order valence-corrected chi connectivity index (χ2v) is 8.15. The number of nitriles is 1. The summed E-state index contributed by atoms with van der Waals surface area (Å²) in [7, 11) is 0. The van der Waals surface area contributed by atoms with Crippen molar-refractivity contribution in [3.8, 4) is 11.8 Å². The molecule has 148 valence electrons. The lowest BCUT2D eigenvalue weighted by Crippen LogP contribution is -2.49. The lowest BCUT2D eigenvalue weighted by Gasteiger charge is -2.34. The summed E-state index contributed by atoms with van der Waals surface area (Å²) in [5.41, 5.74) is 1.54. The largest absolute Gasteiger partial charge is 0.492 e. The molecule has 1 saturated heterocycles. The molecule has 1 aliphatic rings. The summed E-state index contributed by atoms with van der Waals surface area (Å²) in [5, 5.41) is 12.9. The topological polar surface area (TPSA) is 68.6 Å². The minimum Gasteiger partial charge on any atom is -0.492 e. The van der Waals surface area contributed by atoms with Crippen LogP contribution in [0.15, 0.2) is 30.3 Å². The van der Waals surface area contributed by atoms with E-state index in [1.165, 1.54) is 11.3 Å². The fourth-order valence-corrected chi connectivity index (χ4v) is 4.23. The molecule has 1 amide bonds. The molecule has 0 saturated carbocycles. The maximum atomic E-state index is 12.4. The Kier molecular flexibility index (Phi) is 7.04. The molecular weight excluding hydrogens is 372 g/mol. The number of benzene rings is 1. The van der Waals surface area contributed by atoms with E-state index in [4.69, 9.17) is 4.74 Å². The smallest absolute Gasteiger partial charge is 0.239 e. The van der Waals surface area contributed by atoms with E-state index in [2.05, 4.69) is 21.2 Å². The van der Waals surface area contributed by atoms with Crippen LogP contribution in [0.5, 0.6) is 5.75 Å². The van der Waals surface area contributed by atoms with Gasteiger partial charge in [0.05, 0.1) is 12.1 Å². The van der Waals surface area contributed by atoms with Gasteiger partial charge in [0.1, 0.15) is 23.4 Å². The molecule has 1 aliphatic heterocycles. The Bertz CT molecular complexity index is 836. The van der Waals surface area contributed by atoms with Gasteiger partial charge in [-0.3, -0.25) is 14.6 Å². The lowest BCUT2D eigenvalue weighted by atomic mass is 10.2. The number of rotatable bonds is 7. The predicted octanol–water partition coefficient (Wildman–Crippen LogP) is 2.87. The van der Waals surface area contributed by atoms with Gasteiger partial charge < -0.3 is 10.1 Å². The second-order valence-electron chi connectivity index (χ2n) is 6.93. The predicted molar refractivity (Wildman–Crippen MR) is 112 cm³/mol. The minimum absolute atomic E-state index is 0.0568. The zero-order valence-corrected chi connectivity index (χ0v) is 17.2. The normalized spacial score (nSPS) is 15.2. The first kappa shape index (κ1) is 20.3. The van der Waals surface area contributed by atoms with Gasteiger partial charge in [0.15, 0.2) is 0 Å². The number of aryl methyl sites for hydroxylation is 1. The lowest BCUT2D eigenvalue weighted by molar-refractivity contribution is -0.117. The number of ether oxygens (including phenoxy) is 1. The van der Waals surface area contributed by atoms with Crippen LogP contribution in [0.25, 0.3) is 0 Å². The SMILES string of the molecule is Cc1sc(NC(=O)CN2CCN(CCOc3ccccc3)CC2)c(C#N)c1C. The molecule has 0 atom stereocenters. The molecule has 0 unspecified atom stereocenters. The van der Waals surface area contributed by atoms with Crippen molar-refractivity contribution in [1.82, 2.24) is 9.80 Å². The maximum absolute atomic E-state index is 12.4. The molecule has 1 fully saturated rings. The second kappa shape index (κ2) is 9.69. The quantitative estimate of drug-likeness (QED) is 0.777. The zero-order valence-electron chi connectivity index (χ0n) is 16.4. The standard InChI is InChI=1S/C21H26N4O2S/c1-16-17(2)28-21(19(16)14-22)23-20(26)15-25-10-8-24(9-11-25)12-13-27-18-6-4-3-5-7-18/h3-7H,8-13,15H2,1-2H3,(H,23,26). The number of carbonyl (C=O) groups is 1. The number of para-hydroxylation sites is 1. The minimum atomic E-state index is -0.0568. The van der Waals surface area contributed by atoms with E-state index >= 15 is 0 Å². The van der Waals surface area contributed by atoms with Crippen molar-refractivity contribution >= 4 is 22.2 Å². The van der Waals surface area contributed by atoms with Gasteiger partial charge in [-0.15, -0.1) is 11.3 Å². The summed E-state index contributed by atoms with van der Waals surface area (Å²) in [6.45, 7) is 9.34. The van der Waals surface area contributed by atoms with E-state index in [0.29, 0.717) is 23.7 Å². The Morgan fingerprint density at radius 2 is 1.86 bits per heavy atom. The first-order chi connectivity index (χ1) is 13.6. The molecule has 0 radical (unpaired) electrons. The van der Waals surface area contributed by atoms with Gasteiger partial charge >= 0.3 is 0 Å². The summed E-state index contributed by atoms with van der Waals surface area (Å²) in [6, 6.07) is 12.0. The van der Waals surface area contributed by atoms with Crippen molar-refractivity contribution in [2.24, 2.45) is 0 Å². The summed E-state index contributed by atoms with van der Waals surface area (Å²) in [5.74, 6) is 0.840. The highest BCUT2D eigenvalue weighted by Gasteiger charge is 2.20. The number of nitrogens with one attached hydrogen (secondary N) is 1. The first-order valence-corrected chi connectivity index (χ1v) is 10.3. The molecule has 6 nitrogen and oxygen atoms in total. The number of thiophene rings is 1. The fraction of sp³-hybridized carbons (Fsp3) is 0.429. The van der Waals surface area contributed by atoms with Crippen molar-refractivity contribution < 1.29 is 9.53 Å². The van der Waals surface area contributed by atoms with Crippen molar-refractivity contribution in [2.45, 2.75) is 13.8 Å². The van der Waals surface area contributed by atoms with Gasteiger partial charge in [-0.1, -0.05) is 18.2 Å². The van der Waals surface area contributed by atoms with Crippen molar-refractivity contribution in [2.75, 3.05) is 51.2 Å². The average Bonchev–Trinajstić information content (AvgIpc) is 2.96. The van der Waals surface area contributed by atoms with Crippen LogP contribution >= 0.6 is 11.3 Å². The number of piperazine rings is 1. The van der Waals surface area contributed by atoms with Crippen LogP contribution < -0.4 is 10.1 Å². The highest BCUT2D eigenvalue weighted by molar-refractivity contribution is 7.16. The van der Waals surface area contributed by atoms with Crippen LogP contribution in [0, 0.1) is 25.2 Å². The molecule has 0 aliphatic carbocycles. The molecule has 1 aromatic heterocycles. The number of hydrogen-bond acceptors (Lipinski definition) is 6. The van der Waals surface area contributed by atoms with E-state index < -0.39 is 0 Å². The van der Waals surface area contributed by atoms with Crippen LogP contribution in [0.4, 0.5) is 5.00 Å². The van der Waals surface area contributed by atoms with Crippen LogP contribution in [-0.4, -0.2) is 61.6 Å². The molecule has 2 aromatic rings. The zero-order chi connectivity index (χ0) is 19.9. The number of hydrogen-bond donors (Lipinski definition) is 1. The van der Waals surface area contributed by atoms with Gasteiger partial charge in [0.25, 0.3) is 0 Å². The fourth-order valence-electron chi connectivity index (χ4n) is 3.20. The number of anilines is 1. The van der Waals surface area contributed by atoms with Crippen molar-refractivity contribution in [1.29, 1.82) is 5.26 Å². The molecule has 7 heteroatoms. The number of amides is 1. The maximum Gasteiger partial charge on any atom is 0.239 e. The Morgan fingerprint density at radius 3 is 2.54 bits per heavy atom. The van der Waals surface area contributed by atoms with E-state index in [1.54, 1.807) is 0 Å². The highest BCUT2D eigenvalue weighted by atomic mass is 32.1. The third-order valence-electron chi connectivity index (χ3n) is 5.00. The number of nitrogens with zero attached hydrogens (tertiary/aromatic N) is 3. The Balaban J connectivity index is 1.39. The van der Waals surface area contributed by atoms with E-state index in [9.17, 15) is 10.1 Å². The molecule has 1 aromatic carbocycles. The number of carbonyl (C=O) groups excluding carboxylic acids is 1. The van der Waals surface area contributed by atoms with Gasteiger partial charge in [0, 0.05) is 37.6 Å². The molecule has 1 N–H and O–H groups in total. The molecule has 0 spiro atoms. The monoisotopic (exact) mass is 398 g/mol. The molecule has 3 rings (SSSR count). The van der Waals surface area contributed by atoms with Crippen LogP contribution in [0.3, 0.4) is 0 Å². The first-order valence-electron chi connectivity index (χ1n) is 9.49. The van der Waals surface area contributed by atoms with Crippen molar-refractivity contribution in [3.05, 3.63) is 46.3 Å².